The molecule has 3 N–H and O–H groups in total. The third kappa shape index (κ3) is 6.06. The Balaban J connectivity index is 1.50. The summed E-state index contributed by atoms with van der Waals surface area (Å²) in [6.07, 6.45) is -4.53. The Morgan fingerprint density at radius 1 is 0.868 bits per heavy atom. The molecule has 4 aromatic rings. The van der Waals surface area contributed by atoms with Gasteiger partial charge >= 0.3 is 6.18 Å². The van der Waals surface area contributed by atoms with E-state index in [2.05, 4.69) is 10.0 Å². The minimum atomic E-state index is -4.53. The molecule has 196 valence electrons. The number of nitrogens with one attached hydrogen (secondary N) is 2. The first-order chi connectivity index (χ1) is 17.8. The fraction of sp³-hybridized carbons (Fsp3) is 0.0385. The highest BCUT2D eigenvalue weighted by Crippen LogP contribution is 2.36. The molecule has 38 heavy (non-hydrogen) atoms. The lowest BCUT2D eigenvalue weighted by Crippen LogP contribution is -2.14. The molecule has 4 aromatic carbocycles. The van der Waals surface area contributed by atoms with Crippen LogP contribution in [0.25, 0.3) is 11.1 Å². The molecule has 6 nitrogen and oxygen atoms in total. The van der Waals surface area contributed by atoms with Crippen molar-refractivity contribution in [1.82, 2.24) is 0 Å². The van der Waals surface area contributed by atoms with Gasteiger partial charge in [0.05, 0.1) is 16.1 Å². The predicted molar refractivity (Wildman–Crippen MR) is 135 cm³/mol. The molecular formula is C26H17ClF4N2O4S. The number of carbonyl (C=O) groups excluding carboxylic acids is 1. The first-order valence-corrected chi connectivity index (χ1v) is 12.6. The molecule has 0 unspecified atom stereocenters. The Morgan fingerprint density at radius 2 is 1.53 bits per heavy atom. The molecule has 0 bridgehead atoms. The van der Waals surface area contributed by atoms with E-state index in [1.165, 1.54) is 48.5 Å². The minimum absolute atomic E-state index is 0.100. The second kappa shape index (κ2) is 10.3. The summed E-state index contributed by atoms with van der Waals surface area (Å²) in [6.45, 7) is 0. The fourth-order valence-electron chi connectivity index (χ4n) is 3.44. The summed E-state index contributed by atoms with van der Waals surface area (Å²) in [5.41, 5.74) is 0.0818. The highest BCUT2D eigenvalue weighted by atomic mass is 35.5. The van der Waals surface area contributed by atoms with Crippen molar-refractivity contribution in [3.63, 3.8) is 0 Å². The highest BCUT2D eigenvalue weighted by molar-refractivity contribution is 7.92. The SMILES string of the molecule is O=C(Nc1ccc(O)c(NS(=O)(=O)c2ccc(F)cc2)c1)c1ccc(-c2ccc(C(F)(F)F)cc2Cl)cc1. The predicted octanol–water partition coefficient (Wildman–Crippen LogP) is 6.92. The molecule has 0 aliphatic carbocycles. The normalized spacial score (nSPS) is 11.7. The Morgan fingerprint density at radius 3 is 2.13 bits per heavy atom. The van der Waals surface area contributed by atoms with Gasteiger partial charge < -0.3 is 10.4 Å². The van der Waals surface area contributed by atoms with E-state index in [9.17, 15) is 35.9 Å². The number of sulfonamides is 1. The van der Waals surface area contributed by atoms with Crippen molar-refractivity contribution in [3.8, 4) is 16.9 Å². The second-order valence-electron chi connectivity index (χ2n) is 8.02. The Hall–Kier alpha value is -4.09. The third-order valence-corrected chi connectivity index (χ3v) is 7.07. The van der Waals surface area contributed by atoms with Crippen LogP contribution in [-0.2, 0) is 16.2 Å². The number of benzene rings is 4. The molecule has 0 aromatic heterocycles. The number of phenolic OH excluding ortho intramolecular Hbond substituents is 1. The van der Waals surface area contributed by atoms with Gasteiger partial charge in [0.2, 0.25) is 0 Å². The third-order valence-electron chi connectivity index (χ3n) is 5.38. The summed E-state index contributed by atoms with van der Waals surface area (Å²) in [4.78, 5) is 12.5. The van der Waals surface area contributed by atoms with Crippen molar-refractivity contribution in [2.24, 2.45) is 0 Å². The molecule has 0 saturated heterocycles. The van der Waals surface area contributed by atoms with Crippen molar-refractivity contribution in [2.45, 2.75) is 11.1 Å². The van der Waals surface area contributed by atoms with Crippen LogP contribution in [0.2, 0.25) is 5.02 Å². The standard InChI is InChI=1S/C26H17ClF4N2O4S/c27-22-13-17(26(29,30)31)5-11-21(22)15-1-3-16(4-2-15)25(35)32-19-8-12-24(34)23(14-19)33-38(36,37)20-9-6-18(28)7-10-20/h1-14,33-34H,(H,32,35). The lowest BCUT2D eigenvalue weighted by atomic mass is 10.0. The molecule has 12 heteroatoms. The van der Waals surface area contributed by atoms with E-state index in [1.54, 1.807) is 0 Å². The zero-order chi connectivity index (χ0) is 27.7. The van der Waals surface area contributed by atoms with Gasteiger partial charge in [0.15, 0.2) is 0 Å². The van der Waals surface area contributed by atoms with Crippen molar-refractivity contribution in [3.05, 3.63) is 107 Å². The smallest absolute Gasteiger partial charge is 0.416 e. The Kier molecular flexibility index (Phi) is 7.34. The maximum absolute atomic E-state index is 13.1. The Bertz CT molecular complexity index is 1610. The van der Waals surface area contributed by atoms with Gasteiger partial charge in [-0.2, -0.15) is 13.2 Å². The van der Waals surface area contributed by atoms with E-state index >= 15 is 0 Å². The molecule has 0 saturated carbocycles. The molecule has 0 radical (unpaired) electrons. The molecule has 4 rings (SSSR count). The number of rotatable bonds is 6. The van der Waals surface area contributed by atoms with Crippen molar-refractivity contribution in [2.75, 3.05) is 10.0 Å². The van der Waals surface area contributed by atoms with Crippen molar-refractivity contribution < 1.29 is 35.9 Å². The lowest BCUT2D eigenvalue weighted by Gasteiger charge is -2.13. The van der Waals surface area contributed by atoms with E-state index < -0.39 is 39.2 Å². The molecule has 0 aliphatic rings. The first-order valence-electron chi connectivity index (χ1n) is 10.7. The molecule has 0 aliphatic heterocycles. The maximum atomic E-state index is 13.1. The number of halogens is 5. The van der Waals surface area contributed by atoms with Crippen molar-refractivity contribution >= 4 is 38.9 Å². The van der Waals surface area contributed by atoms with Crippen LogP contribution >= 0.6 is 11.6 Å². The molecule has 1 amide bonds. The summed E-state index contributed by atoms with van der Waals surface area (Å²) in [5, 5.41) is 12.6. The number of carbonyl (C=O) groups is 1. The van der Waals surface area contributed by atoms with Gasteiger partial charge in [0.25, 0.3) is 15.9 Å². The van der Waals surface area contributed by atoms with Crippen LogP contribution in [-0.4, -0.2) is 19.4 Å². The number of hydrogen-bond donors (Lipinski definition) is 3. The monoisotopic (exact) mass is 564 g/mol. The van der Waals surface area contributed by atoms with Crippen LogP contribution in [0.15, 0.2) is 89.8 Å². The molecule has 0 heterocycles. The summed E-state index contributed by atoms with van der Waals surface area (Å²) >= 11 is 6.03. The van der Waals surface area contributed by atoms with E-state index in [0.717, 1.165) is 36.4 Å². The van der Waals surface area contributed by atoms with Gasteiger partial charge in [0, 0.05) is 21.8 Å². The summed E-state index contributed by atoms with van der Waals surface area (Å²) in [6, 6.07) is 16.7. The average Bonchev–Trinajstić information content (AvgIpc) is 2.85. The van der Waals surface area contributed by atoms with E-state index in [4.69, 9.17) is 11.6 Å². The second-order valence-corrected chi connectivity index (χ2v) is 10.1. The largest absolute Gasteiger partial charge is 0.506 e. The number of hydrogen-bond acceptors (Lipinski definition) is 4. The summed E-state index contributed by atoms with van der Waals surface area (Å²) in [5.74, 6) is -1.61. The number of anilines is 2. The molecule has 0 fully saturated rings. The van der Waals surface area contributed by atoms with Crippen molar-refractivity contribution in [1.29, 1.82) is 0 Å². The van der Waals surface area contributed by atoms with Crippen LogP contribution in [0.3, 0.4) is 0 Å². The van der Waals surface area contributed by atoms with Crippen LogP contribution in [0.5, 0.6) is 5.75 Å². The van der Waals surface area contributed by atoms with Gasteiger partial charge in [-0.15, -0.1) is 0 Å². The number of amides is 1. The van der Waals surface area contributed by atoms with Crippen LogP contribution in [0.4, 0.5) is 28.9 Å². The minimum Gasteiger partial charge on any atom is -0.506 e. The molecule has 0 spiro atoms. The van der Waals surface area contributed by atoms with Gasteiger partial charge in [0.1, 0.15) is 11.6 Å². The maximum Gasteiger partial charge on any atom is 0.416 e. The van der Waals surface area contributed by atoms with E-state index in [1.807, 2.05) is 0 Å². The van der Waals surface area contributed by atoms with Gasteiger partial charge in [-0.3, -0.25) is 9.52 Å². The highest BCUT2D eigenvalue weighted by Gasteiger charge is 2.31. The van der Waals surface area contributed by atoms with Crippen LogP contribution in [0.1, 0.15) is 15.9 Å². The van der Waals surface area contributed by atoms with Crippen LogP contribution in [0, 0.1) is 5.82 Å². The van der Waals surface area contributed by atoms with Crippen LogP contribution < -0.4 is 10.0 Å². The number of alkyl halides is 3. The fourth-order valence-corrected chi connectivity index (χ4v) is 4.80. The summed E-state index contributed by atoms with van der Waals surface area (Å²) in [7, 11) is -4.16. The first kappa shape index (κ1) is 27.0. The zero-order valence-corrected chi connectivity index (χ0v) is 20.6. The molecular weight excluding hydrogens is 548 g/mol. The number of aromatic hydroxyl groups is 1. The summed E-state index contributed by atoms with van der Waals surface area (Å²) < 4.78 is 79.1. The molecule has 0 atom stereocenters. The zero-order valence-electron chi connectivity index (χ0n) is 19.1. The average molecular weight is 565 g/mol. The quantitative estimate of drug-likeness (QED) is 0.134. The number of phenols is 1. The van der Waals surface area contributed by atoms with Gasteiger partial charge in [-0.25, -0.2) is 12.8 Å². The topological polar surface area (TPSA) is 95.5 Å². The van der Waals surface area contributed by atoms with E-state index in [-0.39, 0.29) is 26.9 Å². The van der Waals surface area contributed by atoms with Gasteiger partial charge in [-0.1, -0.05) is 29.8 Å². The van der Waals surface area contributed by atoms with Gasteiger partial charge in [-0.05, 0) is 72.3 Å². The van der Waals surface area contributed by atoms with E-state index in [0.29, 0.717) is 11.1 Å². The Labute approximate surface area is 219 Å². The lowest BCUT2D eigenvalue weighted by molar-refractivity contribution is -0.137.